The van der Waals surface area contributed by atoms with Crippen molar-refractivity contribution in [3.8, 4) is 5.75 Å². The Kier molecular flexibility index (Phi) is 13.7. The molecule has 12 N–H and O–H groups in total. The highest BCUT2D eigenvalue weighted by molar-refractivity contribution is 5.94. The summed E-state index contributed by atoms with van der Waals surface area (Å²) >= 11 is 0. The van der Waals surface area contributed by atoms with E-state index in [1.807, 2.05) is 13.8 Å². The lowest BCUT2D eigenvalue weighted by Gasteiger charge is -2.27. The second-order valence-corrected chi connectivity index (χ2v) is 9.74. The van der Waals surface area contributed by atoms with Crippen LogP contribution in [0.25, 0.3) is 0 Å². The predicted octanol–water partition coefficient (Wildman–Crippen LogP) is -1.72. The van der Waals surface area contributed by atoms with Crippen molar-refractivity contribution in [2.75, 3.05) is 6.54 Å². The van der Waals surface area contributed by atoms with Gasteiger partial charge in [0.15, 0.2) is 5.96 Å². The van der Waals surface area contributed by atoms with Crippen molar-refractivity contribution in [3.63, 3.8) is 0 Å². The Bertz CT molecular complexity index is 995. The molecule has 5 unspecified atom stereocenters. The zero-order valence-corrected chi connectivity index (χ0v) is 22.5. The number of carboxylic acid groups (broad SMARTS) is 1. The maximum Gasteiger partial charge on any atom is 0.326 e. The van der Waals surface area contributed by atoms with Crippen molar-refractivity contribution in [2.24, 2.45) is 28.1 Å². The standard InChI is InChI=1S/C25H41N7O7/c1-13(2)11-19(22(36)30-18(24(38)39)5-4-10-29-25(27)28)31-23(37)20(14(3)33)32-21(35)17(26)12-15-6-8-16(34)9-7-15/h6-9,13-14,17-20,33-34H,4-5,10-12,26H2,1-3H3,(H,30,36)(H,31,37)(H,32,35)(H,38,39)(H4,27,28,29). The summed E-state index contributed by atoms with van der Waals surface area (Å²) in [6.45, 7) is 5.10. The number of aromatic hydroxyl groups is 1. The lowest BCUT2D eigenvalue weighted by atomic mass is 10.0. The highest BCUT2D eigenvalue weighted by Crippen LogP contribution is 2.12. The summed E-state index contributed by atoms with van der Waals surface area (Å²) in [5, 5.41) is 36.5. The Morgan fingerprint density at radius 2 is 1.51 bits per heavy atom. The van der Waals surface area contributed by atoms with Crippen LogP contribution < -0.4 is 33.2 Å². The SMILES string of the molecule is CC(C)CC(NC(=O)C(NC(=O)C(N)Cc1ccc(O)cc1)C(C)O)C(=O)NC(CCCN=C(N)N)C(=O)O. The molecule has 0 aliphatic rings. The fourth-order valence-electron chi connectivity index (χ4n) is 3.64. The van der Waals surface area contributed by atoms with Crippen LogP contribution in [0.1, 0.15) is 45.6 Å². The first-order chi connectivity index (χ1) is 18.2. The molecule has 1 rings (SSSR count). The van der Waals surface area contributed by atoms with E-state index in [1.165, 1.54) is 19.1 Å². The fourth-order valence-corrected chi connectivity index (χ4v) is 3.64. The van der Waals surface area contributed by atoms with Gasteiger partial charge < -0.3 is 48.5 Å². The van der Waals surface area contributed by atoms with Gasteiger partial charge in [-0.15, -0.1) is 0 Å². The number of aliphatic hydroxyl groups excluding tert-OH is 1. The second-order valence-electron chi connectivity index (χ2n) is 9.74. The van der Waals surface area contributed by atoms with E-state index in [1.54, 1.807) is 12.1 Å². The van der Waals surface area contributed by atoms with Crippen LogP contribution in [-0.4, -0.2) is 81.8 Å². The van der Waals surface area contributed by atoms with Crippen LogP contribution >= 0.6 is 0 Å². The Hall–Kier alpha value is -3.91. The topological polar surface area (TPSA) is 255 Å². The minimum Gasteiger partial charge on any atom is -0.508 e. The average molecular weight is 552 g/mol. The number of aliphatic imine (C=N–C) groups is 1. The highest BCUT2D eigenvalue weighted by atomic mass is 16.4. The van der Waals surface area contributed by atoms with Crippen molar-refractivity contribution < 1.29 is 34.5 Å². The number of aliphatic hydroxyl groups is 1. The summed E-state index contributed by atoms with van der Waals surface area (Å²) in [7, 11) is 0. The largest absolute Gasteiger partial charge is 0.508 e. The molecule has 3 amide bonds. The molecule has 39 heavy (non-hydrogen) atoms. The van der Waals surface area contributed by atoms with E-state index in [0.29, 0.717) is 5.56 Å². The third kappa shape index (κ3) is 12.5. The number of aliphatic carboxylic acids is 1. The molecule has 0 spiro atoms. The maximum absolute atomic E-state index is 13.0. The molecule has 0 fully saturated rings. The summed E-state index contributed by atoms with van der Waals surface area (Å²) in [6, 6.07) is 1.22. The first-order valence-electron chi connectivity index (χ1n) is 12.6. The van der Waals surface area contributed by atoms with Crippen molar-refractivity contribution in [1.29, 1.82) is 0 Å². The van der Waals surface area contributed by atoms with Gasteiger partial charge in [-0.1, -0.05) is 26.0 Å². The van der Waals surface area contributed by atoms with Gasteiger partial charge in [0, 0.05) is 6.54 Å². The number of hydrogen-bond donors (Lipinski definition) is 9. The number of nitrogens with one attached hydrogen (secondary N) is 3. The molecule has 0 saturated carbocycles. The number of phenolic OH excluding ortho intramolecular Hbond substituents is 1. The molecular weight excluding hydrogens is 510 g/mol. The molecule has 218 valence electrons. The zero-order chi connectivity index (χ0) is 29.7. The number of carboxylic acids is 1. The molecule has 0 saturated heterocycles. The van der Waals surface area contributed by atoms with E-state index in [9.17, 15) is 34.5 Å². The van der Waals surface area contributed by atoms with Crippen LogP contribution in [0.3, 0.4) is 0 Å². The van der Waals surface area contributed by atoms with Crippen LogP contribution in [-0.2, 0) is 25.6 Å². The molecular formula is C25H41N7O7. The summed E-state index contributed by atoms with van der Waals surface area (Å²) in [5.41, 5.74) is 17.2. The first kappa shape index (κ1) is 33.1. The van der Waals surface area contributed by atoms with Crippen molar-refractivity contribution in [1.82, 2.24) is 16.0 Å². The van der Waals surface area contributed by atoms with Gasteiger partial charge in [-0.3, -0.25) is 19.4 Å². The molecule has 1 aromatic rings. The number of rotatable bonds is 16. The lowest BCUT2D eigenvalue weighted by Crippen LogP contribution is -2.60. The number of benzene rings is 1. The molecule has 0 aromatic heterocycles. The number of guanidine groups is 1. The molecule has 14 heteroatoms. The van der Waals surface area contributed by atoms with Gasteiger partial charge in [0.05, 0.1) is 12.1 Å². The van der Waals surface area contributed by atoms with Gasteiger partial charge in [-0.25, -0.2) is 4.79 Å². The number of amides is 3. The first-order valence-corrected chi connectivity index (χ1v) is 12.6. The average Bonchev–Trinajstić information content (AvgIpc) is 2.84. The van der Waals surface area contributed by atoms with Crippen molar-refractivity contribution in [3.05, 3.63) is 29.8 Å². The van der Waals surface area contributed by atoms with Crippen LogP contribution in [0.5, 0.6) is 5.75 Å². The van der Waals surface area contributed by atoms with Crippen LogP contribution in [0.2, 0.25) is 0 Å². The van der Waals surface area contributed by atoms with Gasteiger partial charge in [-0.2, -0.15) is 0 Å². The number of hydrogen-bond acceptors (Lipinski definition) is 8. The van der Waals surface area contributed by atoms with Gasteiger partial charge >= 0.3 is 5.97 Å². The molecule has 0 aliphatic carbocycles. The summed E-state index contributed by atoms with van der Waals surface area (Å²) in [4.78, 5) is 54.1. The fraction of sp³-hybridized carbons (Fsp3) is 0.560. The van der Waals surface area contributed by atoms with E-state index in [-0.39, 0.29) is 49.9 Å². The van der Waals surface area contributed by atoms with Crippen molar-refractivity contribution in [2.45, 2.75) is 76.7 Å². The van der Waals surface area contributed by atoms with E-state index >= 15 is 0 Å². The van der Waals surface area contributed by atoms with E-state index in [2.05, 4.69) is 20.9 Å². The number of phenols is 1. The molecule has 5 atom stereocenters. The molecule has 0 radical (unpaired) electrons. The third-order valence-corrected chi connectivity index (χ3v) is 5.69. The Balaban J connectivity index is 2.90. The van der Waals surface area contributed by atoms with Gasteiger partial charge in [0.2, 0.25) is 17.7 Å². The van der Waals surface area contributed by atoms with E-state index < -0.39 is 54.0 Å². The number of carbonyl (C=O) groups excluding carboxylic acids is 3. The molecule has 0 aliphatic heterocycles. The smallest absolute Gasteiger partial charge is 0.326 e. The number of nitrogens with two attached hydrogens (primary N) is 3. The van der Waals surface area contributed by atoms with Crippen LogP contribution in [0, 0.1) is 5.92 Å². The maximum atomic E-state index is 13.0. The Labute approximate surface area is 227 Å². The quantitative estimate of drug-likeness (QED) is 0.0638. The van der Waals surface area contributed by atoms with Crippen molar-refractivity contribution >= 4 is 29.7 Å². The summed E-state index contributed by atoms with van der Waals surface area (Å²) < 4.78 is 0. The van der Waals surface area contributed by atoms with Gasteiger partial charge in [-0.05, 0) is 56.2 Å². The predicted molar refractivity (Wildman–Crippen MR) is 144 cm³/mol. The zero-order valence-electron chi connectivity index (χ0n) is 22.5. The monoisotopic (exact) mass is 551 g/mol. The minimum absolute atomic E-state index is 0.0471. The van der Waals surface area contributed by atoms with E-state index in [4.69, 9.17) is 17.2 Å². The van der Waals surface area contributed by atoms with Gasteiger partial charge in [0.1, 0.15) is 23.9 Å². The second kappa shape index (κ2) is 16.1. The molecule has 14 nitrogen and oxygen atoms in total. The van der Waals surface area contributed by atoms with Crippen LogP contribution in [0.15, 0.2) is 29.3 Å². The van der Waals surface area contributed by atoms with Gasteiger partial charge in [0.25, 0.3) is 0 Å². The number of nitrogens with zero attached hydrogens (tertiary/aromatic N) is 1. The highest BCUT2D eigenvalue weighted by Gasteiger charge is 2.32. The van der Waals surface area contributed by atoms with E-state index in [0.717, 1.165) is 0 Å². The minimum atomic E-state index is -1.43. The third-order valence-electron chi connectivity index (χ3n) is 5.69. The molecule has 1 aromatic carbocycles. The molecule has 0 bridgehead atoms. The Morgan fingerprint density at radius 3 is 2.03 bits per heavy atom. The summed E-state index contributed by atoms with van der Waals surface area (Å²) in [6.07, 6.45) is -0.723. The molecule has 0 heterocycles. The van der Waals surface area contributed by atoms with Crippen LogP contribution in [0.4, 0.5) is 0 Å². The lowest BCUT2D eigenvalue weighted by molar-refractivity contribution is -0.142. The Morgan fingerprint density at radius 1 is 0.923 bits per heavy atom. The number of carbonyl (C=O) groups is 4. The normalized spacial score (nSPS) is 14.8. The summed E-state index contributed by atoms with van der Waals surface area (Å²) in [5.74, 6) is -3.68.